The van der Waals surface area contributed by atoms with Crippen LogP contribution in [0.2, 0.25) is 0 Å². The Kier molecular flexibility index (Phi) is 5.59. The van der Waals surface area contributed by atoms with E-state index in [0.29, 0.717) is 24.1 Å². The molecule has 2 bridgehead atoms. The van der Waals surface area contributed by atoms with E-state index in [4.69, 9.17) is 0 Å². The number of nitrogens with one attached hydrogen (secondary N) is 1. The summed E-state index contributed by atoms with van der Waals surface area (Å²) >= 11 is 0. The zero-order valence-electron chi connectivity index (χ0n) is 20.5. The average Bonchev–Trinajstić information content (AvgIpc) is 3.19. The van der Waals surface area contributed by atoms with E-state index in [-0.39, 0.29) is 36.7 Å². The molecule has 0 amide bonds. The van der Waals surface area contributed by atoms with Gasteiger partial charge in [-0.2, -0.15) is 5.10 Å². The zero-order valence-corrected chi connectivity index (χ0v) is 20.5. The number of aryl methyl sites for hydroxylation is 1. The second kappa shape index (κ2) is 8.69. The van der Waals surface area contributed by atoms with Gasteiger partial charge in [0.15, 0.2) is 5.82 Å². The first-order valence-corrected chi connectivity index (χ1v) is 12.6. The summed E-state index contributed by atoms with van der Waals surface area (Å²) in [4.78, 5) is 4.45. The van der Waals surface area contributed by atoms with Crippen molar-refractivity contribution in [2.75, 3.05) is 29.9 Å². The van der Waals surface area contributed by atoms with E-state index in [1.54, 1.807) is 16.9 Å². The van der Waals surface area contributed by atoms with Gasteiger partial charge in [-0.05, 0) is 43.0 Å². The first kappa shape index (κ1) is 23.1. The van der Waals surface area contributed by atoms with Crippen LogP contribution in [0.15, 0.2) is 36.7 Å². The lowest BCUT2D eigenvalue weighted by molar-refractivity contribution is -0.0670. The Labute approximate surface area is 208 Å². The molecule has 0 spiro atoms. The minimum absolute atomic E-state index is 0.0977. The van der Waals surface area contributed by atoms with Crippen molar-refractivity contribution >= 4 is 11.5 Å². The number of nitrogens with zero attached hydrogens (tertiary/aromatic N) is 6. The highest BCUT2D eigenvalue weighted by Crippen LogP contribution is 2.41. The molecule has 5 heterocycles. The standard InChI is InChI=1S/C26H31F2N7O/c1-33-6-3-7-35(20-9-18-12-26(27,28)13-19(10-20)30-18)25-23(33)11-22(31-32-25)21-5-4-16(8-24(21)36)17-14-29-34(2)15-17/h4-5,8,11,14-15,18-20,30,36H,3,6-7,9-10,12-13H2,1-2H3/t18-,19?,20?/m1/s1. The quantitative estimate of drug-likeness (QED) is 0.572. The molecule has 0 radical (unpaired) electrons. The fraction of sp³-hybridized carbons (Fsp3) is 0.500. The van der Waals surface area contributed by atoms with Gasteiger partial charge in [-0.3, -0.25) is 4.68 Å². The molecule has 10 heteroatoms. The molecule has 2 aromatic heterocycles. The molecule has 6 rings (SSSR count). The van der Waals surface area contributed by atoms with Crippen molar-refractivity contribution in [3.63, 3.8) is 0 Å². The summed E-state index contributed by atoms with van der Waals surface area (Å²) < 4.78 is 29.9. The van der Waals surface area contributed by atoms with Crippen molar-refractivity contribution in [1.29, 1.82) is 0 Å². The van der Waals surface area contributed by atoms with Crippen molar-refractivity contribution in [2.24, 2.45) is 7.05 Å². The highest BCUT2D eigenvalue weighted by molar-refractivity contribution is 5.78. The first-order valence-electron chi connectivity index (χ1n) is 12.6. The van der Waals surface area contributed by atoms with Crippen LogP contribution in [0.4, 0.5) is 20.3 Å². The molecule has 3 atom stereocenters. The van der Waals surface area contributed by atoms with Gasteiger partial charge in [0.1, 0.15) is 5.75 Å². The Morgan fingerprint density at radius 3 is 2.50 bits per heavy atom. The Hall–Kier alpha value is -3.27. The fourth-order valence-electron chi connectivity index (χ4n) is 6.12. The number of hydrogen-bond acceptors (Lipinski definition) is 7. The lowest BCUT2D eigenvalue weighted by Gasteiger charge is -2.46. The van der Waals surface area contributed by atoms with E-state index in [0.717, 1.165) is 42.1 Å². The number of phenols is 1. The maximum absolute atomic E-state index is 14.1. The predicted molar refractivity (Wildman–Crippen MR) is 134 cm³/mol. The van der Waals surface area contributed by atoms with Crippen molar-refractivity contribution < 1.29 is 13.9 Å². The molecule has 190 valence electrons. The van der Waals surface area contributed by atoms with Crippen LogP contribution in [-0.2, 0) is 7.05 Å². The number of phenolic OH excluding ortho intramolecular Hbond substituents is 1. The van der Waals surface area contributed by atoms with Crippen LogP contribution in [0.25, 0.3) is 22.4 Å². The summed E-state index contributed by atoms with van der Waals surface area (Å²) in [6.07, 6.45) is 5.76. The number of anilines is 2. The molecule has 36 heavy (non-hydrogen) atoms. The third kappa shape index (κ3) is 4.27. The van der Waals surface area contributed by atoms with Crippen LogP contribution in [0.5, 0.6) is 5.75 Å². The maximum atomic E-state index is 14.1. The molecule has 0 saturated carbocycles. The van der Waals surface area contributed by atoms with Gasteiger partial charge in [-0.1, -0.05) is 6.07 Å². The van der Waals surface area contributed by atoms with E-state index in [9.17, 15) is 13.9 Å². The average molecular weight is 496 g/mol. The number of alkyl halides is 2. The van der Waals surface area contributed by atoms with Gasteiger partial charge in [0.2, 0.25) is 0 Å². The molecule has 3 aliphatic rings. The molecule has 3 aliphatic heterocycles. The highest BCUT2D eigenvalue weighted by atomic mass is 19.3. The summed E-state index contributed by atoms with van der Waals surface area (Å²) in [5, 5.41) is 27.6. The Bertz CT molecular complexity index is 1260. The largest absolute Gasteiger partial charge is 0.507 e. The number of piperidine rings is 2. The fourth-order valence-corrected chi connectivity index (χ4v) is 6.12. The Balaban J connectivity index is 1.31. The summed E-state index contributed by atoms with van der Waals surface area (Å²) in [6.45, 7) is 1.67. The molecule has 8 nitrogen and oxygen atoms in total. The lowest BCUT2D eigenvalue weighted by Crippen LogP contribution is -2.59. The van der Waals surface area contributed by atoms with Crippen molar-refractivity contribution in [2.45, 2.75) is 56.2 Å². The minimum atomic E-state index is -2.58. The van der Waals surface area contributed by atoms with Crippen LogP contribution in [0.1, 0.15) is 32.1 Å². The summed E-state index contributed by atoms with van der Waals surface area (Å²) in [5.74, 6) is -1.65. The van der Waals surface area contributed by atoms with Gasteiger partial charge >= 0.3 is 0 Å². The molecule has 2 unspecified atom stereocenters. The van der Waals surface area contributed by atoms with Crippen LogP contribution in [0.3, 0.4) is 0 Å². The minimum Gasteiger partial charge on any atom is -0.507 e. The van der Waals surface area contributed by atoms with Gasteiger partial charge < -0.3 is 20.2 Å². The number of benzene rings is 1. The van der Waals surface area contributed by atoms with Crippen LogP contribution in [0, 0.1) is 0 Å². The van der Waals surface area contributed by atoms with E-state index in [1.807, 2.05) is 38.5 Å². The summed E-state index contributed by atoms with van der Waals surface area (Å²) in [6, 6.07) is 7.30. The van der Waals surface area contributed by atoms with Crippen molar-refractivity contribution in [3.8, 4) is 28.1 Å². The first-order chi connectivity index (χ1) is 17.3. The van der Waals surface area contributed by atoms with Gasteiger partial charge in [-0.25, -0.2) is 8.78 Å². The monoisotopic (exact) mass is 495 g/mol. The number of hydrogen-bond donors (Lipinski definition) is 2. The molecule has 2 saturated heterocycles. The van der Waals surface area contributed by atoms with Crippen LogP contribution < -0.4 is 15.1 Å². The second-order valence-electron chi connectivity index (χ2n) is 10.5. The van der Waals surface area contributed by atoms with Crippen molar-refractivity contribution in [3.05, 3.63) is 36.7 Å². The highest BCUT2D eigenvalue weighted by Gasteiger charge is 2.46. The van der Waals surface area contributed by atoms with Gasteiger partial charge in [0.05, 0.1) is 17.6 Å². The van der Waals surface area contributed by atoms with Gasteiger partial charge in [0, 0.05) is 75.5 Å². The molecule has 0 aliphatic carbocycles. The predicted octanol–water partition coefficient (Wildman–Crippen LogP) is 3.81. The molecule has 2 fully saturated rings. The normalized spacial score (nSPS) is 25.4. The topological polar surface area (TPSA) is 82.3 Å². The number of aromatic hydroxyl groups is 1. The van der Waals surface area contributed by atoms with E-state index >= 15 is 0 Å². The molecular weight excluding hydrogens is 464 g/mol. The van der Waals surface area contributed by atoms with Gasteiger partial charge in [-0.15, -0.1) is 10.2 Å². The molecular formula is C26H31F2N7O. The summed E-state index contributed by atoms with van der Waals surface area (Å²) in [5.41, 5.74) is 3.95. The van der Waals surface area contributed by atoms with E-state index in [2.05, 4.69) is 30.4 Å². The lowest BCUT2D eigenvalue weighted by atomic mass is 9.81. The zero-order chi connectivity index (χ0) is 25.0. The SMILES string of the molecule is CN1CCCN(C2CC3CC(F)(F)C[C@@H](C2)N3)c2nnc(-c3ccc(-c4cnn(C)c4)cc3O)cc21. The number of rotatable bonds is 3. The number of fused-ring (bicyclic) bond motifs is 3. The van der Waals surface area contributed by atoms with E-state index < -0.39 is 5.92 Å². The molecule has 2 N–H and O–H groups in total. The van der Waals surface area contributed by atoms with Crippen molar-refractivity contribution in [1.82, 2.24) is 25.3 Å². The molecule has 1 aromatic carbocycles. The van der Waals surface area contributed by atoms with Gasteiger partial charge in [0.25, 0.3) is 5.92 Å². The van der Waals surface area contributed by atoms with E-state index in [1.165, 1.54) is 0 Å². The maximum Gasteiger partial charge on any atom is 0.251 e. The Morgan fingerprint density at radius 2 is 1.81 bits per heavy atom. The number of halogens is 2. The summed E-state index contributed by atoms with van der Waals surface area (Å²) in [7, 11) is 3.89. The number of aromatic nitrogens is 4. The third-order valence-corrected chi connectivity index (χ3v) is 7.76. The van der Waals surface area contributed by atoms with Crippen LogP contribution in [-0.4, -0.2) is 69.3 Å². The smallest absolute Gasteiger partial charge is 0.251 e. The van der Waals surface area contributed by atoms with Crippen LogP contribution >= 0.6 is 0 Å². The third-order valence-electron chi connectivity index (χ3n) is 7.76. The molecule has 3 aromatic rings. The Morgan fingerprint density at radius 1 is 1.03 bits per heavy atom. The second-order valence-corrected chi connectivity index (χ2v) is 10.5.